The van der Waals surface area contributed by atoms with Crippen LogP contribution in [-0.4, -0.2) is 50.6 Å². The molecule has 1 atom stereocenters. The van der Waals surface area contributed by atoms with E-state index in [0.29, 0.717) is 23.0 Å². The molecule has 3 aromatic rings. The van der Waals surface area contributed by atoms with Gasteiger partial charge in [-0.15, -0.1) is 0 Å². The van der Waals surface area contributed by atoms with E-state index in [0.717, 1.165) is 22.2 Å². The summed E-state index contributed by atoms with van der Waals surface area (Å²) in [6, 6.07) is 5.05. The van der Waals surface area contributed by atoms with Gasteiger partial charge in [-0.2, -0.15) is 4.98 Å². The number of aliphatic hydroxyl groups is 1. The van der Waals surface area contributed by atoms with E-state index in [4.69, 9.17) is 33.0 Å². The number of amides is 1. The molecule has 7 nitrogen and oxygen atoms in total. The first-order valence-electron chi connectivity index (χ1n) is 8.87. The van der Waals surface area contributed by atoms with Gasteiger partial charge in [0.05, 0.1) is 28.2 Å². The van der Waals surface area contributed by atoms with Crippen molar-refractivity contribution in [1.29, 1.82) is 0 Å². The van der Waals surface area contributed by atoms with E-state index in [9.17, 15) is 4.79 Å². The lowest BCUT2D eigenvalue weighted by Crippen LogP contribution is -2.39. The van der Waals surface area contributed by atoms with Gasteiger partial charge >= 0.3 is 0 Å². The molecule has 9 heteroatoms. The molecule has 0 saturated heterocycles. The van der Waals surface area contributed by atoms with Crippen molar-refractivity contribution in [3.63, 3.8) is 0 Å². The van der Waals surface area contributed by atoms with E-state index in [1.165, 1.54) is 6.20 Å². The zero-order valence-electron chi connectivity index (χ0n) is 15.1. The Balaban J connectivity index is 1.67. The monoisotopic (exact) mass is 420 g/mol. The minimum Gasteiger partial charge on any atom is -0.475 e. The van der Waals surface area contributed by atoms with Gasteiger partial charge in [-0.25, -0.2) is 4.98 Å². The van der Waals surface area contributed by atoms with Crippen molar-refractivity contribution in [3.8, 4) is 5.88 Å². The van der Waals surface area contributed by atoms with Gasteiger partial charge < -0.3 is 19.7 Å². The molecule has 146 valence electrons. The number of benzene rings is 1. The summed E-state index contributed by atoms with van der Waals surface area (Å²) in [6.45, 7) is 2.47. The number of fused-ring (bicyclic) bond motifs is 3. The maximum atomic E-state index is 13.1. The van der Waals surface area contributed by atoms with Crippen LogP contribution in [0.25, 0.3) is 10.9 Å². The fraction of sp³-hybridized carbons (Fsp3) is 0.316. The number of rotatable bonds is 4. The predicted molar refractivity (Wildman–Crippen MR) is 106 cm³/mol. The number of nitrogens with one attached hydrogen (secondary N) is 1. The Morgan fingerprint density at radius 1 is 1.39 bits per heavy atom. The summed E-state index contributed by atoms with van der Waals surface area (Å²) >= 11 is 12.5. The molecule has 1 unspecified atom stereocenters. The van der Waals surface area contributed by atoms with Crippen LogP contribution in [0.2, 0.25) is 10.0 Å². The number of carbonyl (C=O) groups is 1. The van der Waals surface area contributed by atoms with Crippen molar-refractivity contribution in [1.82, 2.24) is 19.9 Å². The number of aromatic amines is 1. The third-order valence-electron chi connectivity index (χ3n) is 4.90. The van der Waals surface area contributed by atoms with Crippen molar-refractivity contribution < 1.29 is 14.6 Å². The van der Waals surface area contributed by atoms with Gasteiger partial charge in [-0.1, -0.05) is 29.3 Å². The minimum absolute atomic E-state index is 0.0617. The van der Waals surface area contributed by atoms with Crippen LogP contribution in [0.1, 0.15) is 34.8 Å². The molecule has 4 rings (SSSR count). The van der Waals surface area contributed by atoms with E-state index >= 15 is 0 Å². The molecule has 2 N–H and O–H groups in total. The number of hydrogen-bond donors (Lipinski definition) is 2. The van der Waals surface area contributed by atoms with Crippen LogP contribution in [0.5, 0.6) is 5.88 Å². The van der Waals surface area contributed by atoms with Crippen molar-refractivity contribution in [2.45, 2.75) is 19.4 Å². The van der Waals surface area contributed by atoms with Gasteiger partial charge in [0.15, 0.2) is 0 Å². The summed E-state index contributed by atoms with van der Waals surface area (Å²) in [5.74, 6) is 0.0416. The molecule has 1 aromatic carbocycles. The molecule has 3 heterocycles. The Labute approximate surface area is 171 Å². The molecule has 0 radical (unpaired) electrons. The standard InChI is InChI=1S/C19H18Cl2N4O3/c1-10-15-11-2-3-12(20)16(21)17(11)23-13(15)5-7-25(10)19(27)18-22-6-4-14(24-18)28-9-8-26/h2-4,6,10,23,26H,5,7-9H2,1H3. The SMILES string of the molecule is CC1c2c([nH]c3c(Cl)c(Cl)ccc23)CCN1C(=O)c1nccc(OCCO)n1. The number of nitrogens with zero attached hydrogens (tertiary/aromatic N) is 3. The van der Waals surface area contributed by atoms with Crippen LogP contribution in [0.4, 0.5) is 0 Å². The zero-order chi connectivity index (χ0) is 19.8. The van der Waals surface area contributed by atoms with E-state index in [-0.39, 0.29) is 36.9 Å². The Morgan fingerprint density at radius 2 is 2.21 bits per heavy atom. The Bertz CT molecular complexity index is 1050. The first-order valence-corrected chi connectivity index (χ1v) is 9.63. The largest absolute Gasteiger partial charge is 0.475 e. The topological polar surface area (TPSA) is 91.3 Å². The highest BCUT2D eigenvalue weighted by Gasteiger charge is 2.33. The normalized spacial score (nSPS) is 16.3. The molecule has 1 amide bonds. The van der Waals surface area contributed by atoms with E-state index in [1.54, 1.807) is 17.0 Å². The van der Waals surface area contributed by atoms with Gasteiger partial charge in [0.25, 0.3) is 5.91 Å². The summed E-state index contributed by atoms with van der Waals surface area (Å²) in [6.07, 6.45) is 2.13. The third-order valence-corrected chi connectivity index (χ3v) is 5.70. The molecule has 28 heavy (non-hydrogen) atoms. The highest BCUT2D eigenvalue weighted by molar-refractivity contribution is 6.45. The average Bonchev–Trinajstić information content (AvgIpc) is 3.09. The highest BCUT2D eigenvalue weighted by atomic mass is 35.5. The van der Waals surface area contributed by atoms with Crippen LogP contribution in [0.3, 0.4) is 0 Å². The maximum absolute atomic E-state index is 13.1. The van der Waals surface area contributed by atoms with Crippen LogP contribution in [0, 0.1) is 0 Å². The molecule has 0 fully saturated rings. The molecule has 2 aromatic heterocycles. The van der Waals surface area contributed by atoms with Gasteiger partial charge in [0.1, 0.15) is 6.61 Å². The number of H-pyrrole nitrogens is 1. The van der Waals surface area contributed by atoms with E-state index < -0.39 is 0 Å². The number of halogens is 2. The second-order valence-electron chi connectivity index (χ2n) is 6.52. The predicted octanol–water partition coefficient (Wildman–Crippen LogP) is 3.40. The summed E-state index contributed by atoms with van der Waals surface area (Å²) < 4.78 is 5.28. The lowest BCUT2D eigenvalue weighted by atomic mass is 9.97. The number of aromatic nitrogens is 3. The molecule has 1 aliphatic rings. The number of carbonyl (C=O) groups excluding carboxylic acids is 1. The average molecular weight is 421 g/mol. The lowest BCUT2D eigenvalue weighted by Gasteiger charge is -2.33. The van der Waals surface area contributed by atoms with Crippen molar-refractivity contribution in [2.24, 2.45) is 0 Å². The fourth-order valence-corrected chi connectivity index (χ4v) is 3.99. The molecular weight excluding hydrogens is 403 g/mol. The molecule has 0 saturated carbocycles. The molecule has 0 aliphatic carbocycles. The quantitative estimate of drug-likeness (QED) is 0.674. The van der Waals surface area contributed by atoms with Crippen molar-refractivity contribution >= 4 is 40.0 Å². The Kier molecular flexibility index (Phi) is 5.14. The van der Waals surface area contributed by atoms with Crippen molar-refractivity contribution in [3.05, 3.63) is 51.5 Å². The van der Waals surface area contributed by atoms with Crippen LogP contribution < -0.4 is 4.74 Å². The maximum Gasteiger partial charge on any atom is 0.292 e. The van der Waals surface area contributed by atoms with Crippen LogP contribution in [-0.2, 0) is 6.42 Å². The molecule has 0 bridgehead atoms. The summed E-state index contributed by atoms with van der Waals surface area (Å²) in [5, 5.41) is 10.8. The van der Waals surface area contributed by atoms with Gasteiger partial charge in [-0.3, -0.25) is 4.79 Å². The summed E-state index contributed by atoms with van der Waals surface area (Å²) in [7, 11) is 0. The second kappa shape index (κ2) is 7.58. The zero-order valence-corrected chi connectivity index (χ0v) is 16.6. The molecular formula is C19H18Cl2N4O3. The lowest BCUT2D eigenvalue weighted by molar-refractivity contribution is 0.0664. The minimum atomic E-state index is -0.276. The third kappa shape index (κ3) is 3.19. The first kappa shape index (κ1) is 19.0. The van der Waals surface area contributed by atoms with E-state index in [1.807, 2.05) is 13.0 Å². The molecule has 0 spiro atoms. The van der Waals surface area contributed by atoms with Gasteiger partial charge in [0, 0.05) is 41.9 Å². The number of hydrogen-bond acceptors (Lipinski definition) is 5. The van der Waals surface area contributed by atoms with Crippen molar-refractivity contribution in [2.75, 3.05) is 19.8 Å². The van der Waals surface area contributed by atoms with Gasteiger partial charge in [-0.05, 0) is 13.0 Å². The molecule has 1 aliphatic heterocycles. The highest BCUT2D eigenvalue weighted by Crippen LogP contribution is 2.40. The Hall–Kier alpha value is -2.35. The second-order valence-corrected chi connectivity index (χ2v) is 7.30. The van der Waals surface area contributed by atoms with Crippen LogP contribution in [0.15, 0.2) is 24.4 Å². The summed E-state index contributed by atoms with van der Waals surface area (Å²) in [4.78, 5) is 26.4. The van der Waals surface area contributed by atoms with Crippen LogP contribution >= 0.6 is 23.2 Å². The summed E-state index contributed by atoms with van der Waals surface area (Å²) in [5.41, 5.74) is 2.87. The first-order chi connectivity index (χ1) is 13.5. The smallest absolute Gasteiger partial charge is 0.292 e. The van der Waals surface area contributed by atoms with Gasteiger partial charge in [0.2, 0.25) is 11.7 Å². The fourth-order valence-electron chi connectivity index (χ4n) is 3.62. The number of aliphatic hydroxyl groups excluding tert-OH is 1. The number of ether oxygens (including phenoxy) is 1. The van der Waals surface area contributed by atoms with E-state index in [2.05, 4.69) is 15.0 Å². The Morgan fingerprint density at radius 3 is 3.00 bits per heavy atom.